The van der Waals surface area contributed by atoms with E-state index in [9.17, 15) is 4.79 Å². The van der Waals surface area contributed by atoms with Gasteiger partial charge in [0, 0.05) is 12.1 Å². The summed E-state index contributed by atoms with van der Waals surface area (Å²) in [6.45, 7) is 6.30. The number of likely N-dealkylation sites (tertiary alicyclic amines) is 1. The van der Waals surface area contributed by atoms with E-state index in [4.69, 9.17) is 18.0 Å². The first-order valence-electron chi connectivity index (χ1n) is 6.60. The molecule has 3 atom stereocenters. The zero-order valence-electron chi connectivity index (χ0n) is 11.1. The van der Waals surface area contributed by atoms with Crippen LogP contribution in [0.3, 0.4) is 0 Å². The van der Waals surface area contributed by atoms with Gasteiger partial charge in [-0.05, 0) is 39.5 Å². The molecule has 1 saturated heterocycles. The van der Waals surface area contributed by atoms with Crippen LogP contribution in [0.5, 0.6) is 0 Å². The van der Waals surface area contributed by atoms with Crippen LogP contribution in [0.25, 0.3) is 0 Å². The Hall–Kier alpha value is -0.640. The van der Waals surface area contributed by atoms with E-state index in [1.807, 2.05) is 4.90 Å². The highest BCUT2D eigenvalue weighted by molar-refractivity contribution is 7.80. The Labute approximate surface area is 110 Å². The second-order valence-corrected chi connectivity index (χ2v) is 5.59. The molecule has 0 aliphatic carbocycles. The summed E-state index contributed by atoms with van der Waals surface area (Å²) in [6.07, 6.45) is 5.09. The number of nitrogens with two attached hydrogens (primary N) is 1. The molecule has 3 nitrogen and oxygen atoms in total. The summed E-state index contributed by atoms with van der Waals surface area (Å²) < 4.78 is 0. The topological polar surface area (TPSA) is 46.3 Å². The van der Waals surface area contributed by atoms with E-state index >= 15 is 0 Å². The normalized spacial score (nSPS) is 26.6. The third-order valence-corrected chi connectivity index (χ3v) is 3.95. The van der Waals surface area contributed by atoms with Gasteiger partial charge in [0.15, 0.2) is 0 Å². The standard InChI is InChI=1S/C13H24N2OS/c1-4-6-11(12(14)17)13(16)15-9(2)7-5-8-10(15)3/h9-11H,4-8H2,1-3H3,(H2,14,17). The third kappa shape index (κ3) is 3.41. The van der Waals surface area contributed by atoms with E-state index in [-0.39, 0.29) is 11.8 Å². The van der Waals surface area contributed by atoms with Crippen molar-refractivity contribution in [3.8, 4) is 0 Å². The molecule has 0 aromatic rings. The van der Waals surface area contributed by atoms with E-state index in [1.165, 1.54) is 6.42 Å². The summed E-state index contributed by atoms with van der Waals surface area (Å²) in [6, 6.07) is 0.639. The van der Waals surface area contributed by atoms with Crippen LogP contribution in [0.2, 0.25) is 0 Å². The fourth-order valence-corrected chi connectivity index (χ4v) is 2.93. The molecule has 0 spiro atoms. The molecule has 17 heavy (non-hydrogen) atoms. The quantitative estimate of drug-likeness (QED) is 0.786. The highest BCUT2D eigenvalue weighted by atomic mass is 32.1. The van der Waals surface area contributed by atoms with Crippen molar-refractivity contribution in [1.29, 1.82) is 0 Å². The molecule has 0 radical (unpaired) electrons. The van der Waals surface area contributed by atoms with Gasteiger partial charge < -0.3 is 10.6 Å². The lowest BCUT2D eigenvalue weighted by molar-refractivity contribution is -0.139. The zero-order chi connectivity index (χ0) is 13.0. The van der Waals surface area contributed by atoms with Gasteiger partial charge in [-0.2, -0.15) is 0 Å². The van der Waals surface area contributed by atoms with Crippen LogP contribution >= 0.6 is 12.2 Å². The molecular formula is C13H24N2OS. The molecule has 98 valence electrons. The molecule has 0 aromatic carbocycles. The Morgan fingerprint density at radius 2 is 1.94 bits per heavy atom. The number of hydrogen-bond acceptors (Lipinski definition) is 2. The van der Waals surface area contributed by atoms with Crippen molar-refractivity contribution >= 4 is 23.1 Å². The third-order valence-electron chi connectivity index (χ3n) is 3.67. The first-order chi connectivity index (χ1) is 7.99. The SMILES string of the molecule is CCCC(C(=O)N1C(C)CCCC1C)C(N)=S. The molecule has 1 aliphatic heterocycles. The van der Waals surface area contributed by atoms with Crippen LogP contribution in [0.4, 0.5) is 0 Å². The minimum atomic E-state index is -0.266. The van der Waals surface area contributed by atoms with Gasteiger partial charge in [-0.25, -0.2) is 0 Å². The molecular weight excluding hydrogens is 232 g/mol. The summed E-state index contributed by atoms with van der Waals surface area (Å²) in [5.74, 6) is -0.128. The lowest BCUT2D eigenvalue weighted by Crippen LogP contribution is -2.51. The van der Waals surface area contributed by atoms with Crippen molar-refractivity contribution < 1.29 is 4.79 Å². The molecule has 1 fully saturated rings. The summed E-state index contributed by atoms with van der Waals surface area (Å²) in [5, 5.41) is 0. The number of amides is 1. The summed E-state index contributed by atoms with van der Waals surface area (Å²) in [5.41, 5.74) is 5.71. The average Bonchev–Trinajstić information content (AvgIpc) is 2.24. The predicted octanol–water partition coefficient (Wildman–Crippen LogP) is 2.48. The van der Waals surface area contributed by atoms with E-state index < -0.39 is 0 Å². The number of nitrogens with zero attached hydrogens (tertiary/aromatic N) is 1. The molecule has 1 heterocycles. The average molecular weight is 256 g/mol. The number of carbonyl (C=O) groups excluding carboxylic acids is 1. The molecule has 3 unspecified atom stereocenters. The van der Waals surface area contributed by atoms with E-state index in [1.54, 1.807) is 0 Å². The summed E-state index contributed by atoms with van der Waals surface area (Å²) >= 11 is 5.04. The van der Waals surface area contributed by atoms with Gasteiger partial charge in [0.05, 0.1) is 10.9 Å². The van der Waals surface area contributed by atoms with Gasteiger partial charge >= 0.3 is 0 Å². The number of rotatable bonds is 4. The van der Waals surface area contributed by atoms with Crippen LogP contribution in [-0.4, -0.2) is 27.9 Å². The lowest BCUT2D eigenvalue weighted by atomic mass is 9.93. The Bertz CT molecular complexity index is 283. The molecule has 4 heteroatoms. The maximum Gasteiger partial charge on any atom is 0.232 e. The van der Waals surface area contributed by atoms with Crippen molar-refractivity contribution in [3.05, 3.63) is 0 Å². The van der Waals surface area contributed by atoms with E-state index in [2.05, 4.69) is 20.8 Å². The first kappa shape index (κ1) is 14.4. The second-order valence-electron chi connectivity index (χ2n) is 5.12. The molecule has 1 amide bonds. The Morgan fingerprint density at radius 3 is 2.35 bits per heavy atom. The van der Waals surface area contributed by atoms with Crippen LogP contribution in [0.15, 0.2) is 0 Å². The maximum absolute atomic E-state index is 12.5. The Kier molecular flexibility index (Phi) is 5.37. The van der Waals surface area contributed by atoms with Crippen molar-refractivity contribution in [3.63, 3.8) is 0 Å². The fraction of sp³-hybridized carbons (Fsp3) is 0.846. The van der Waals surface area contributed by atoms with Crippen LogP contribution < -0.4 is 5.73 Å². The summed E-state index contributed by atoms with van der Waals surface area (Å²) in [4.78, 5) is 14.9. The minimum Gasteiger partial charge on any atom is -0.393 e. The van der Waals surface area contributed by atoms with E-state index in [0.717, 1.165) is 25.7 Å². The largest absolute Gasteiger partial charge is 0.393 e. The predicted molar refractivity (Wildman–Crippen MR) is 74.8 cm³/mol. The number of hydrogen-bond donors (Lipinski definition) is 1. The zero-order valence-corrected chi connectivity index (χ0v) is 11.9. The highest BCUT2D eigenvalue weighted by Crippen LogP contribution is 2.25. The number of carbonyl (C=O) groups is 1. The highest BCUT2D eigenvalue weighted by Gasteiger charge is 2.33. The second kappa shape index (κ2) is 6.34. The number of thiocarbonyl (C=S) groups is 1. The van der Waals surface area contributed by atoms with Gasteiger partial charge in [0.2, 0.25) is 5.91 Å². The Morgan fingerprint density at radius 1 is 1.41 bits per heavy atom. The van der Waals surface area contributed by atoms with Crippen LogP contribution in [0, 0.1) is 5.92 Å². The molecule has 1 aliphatic rings. The smallest absolute Gasteiger partial charge is 0.232 e. The van der Waals surface area contributed by atoms with Crippen molar-refractivity contribution in [1.82, 2.24) is 4.90 Å². The van der Waals surface area contributed by atoms with Crippen molar-refractivity contribution in [2.45, 2.75) is 65.0 Å². The maximum atomic E-state index is 12.5. The van der Waals surface area contributed by atoms with E-state index in [0.29, 0.717) is 17.1 Å². The van der Waals surface area contributed by atoms with Crippen molar-refractivity contribution in [2.24, 2.45) is 11.7 Å². The fourth-order valence-electron chi connectivity index (χ4n) is 2.71. The van der Waals surface area contributed by atoms with Gasteiger partial charge in [0.25, 0.3) is 0 Å². The molecule has 0 aromatic heterocycles. The van der Waals surface area contributed by atoms with Crippen molar-refractivity contribution in [2.75, 3.05) is 0 Å². The van der Waals surface area contributed by atoms with Gasteiger partial charge in [-0.15, -0.1) is 0 Å². The Balaban J connectivity index is 2.80. The first-order valence-corrected chi connectivity index (χ1v) is 7.01. The van der Waals surface area contributed by atoms with Gasteiger partial charge in [-0.3, -0.25) is 4.79 Å². The number of piperidine rings is 1. The van der Waals surface area contributed by atoms with Crippen LogP contribution in [0.1, 0.15) is 52.9 Å². The van der Waals surface area contributed by atoms with Crippen LogP contribution in [-0.2, 0) is 4.79 Å². The lowest BCUT2D eigenvalue weighted by Gasteiger charge is -2.40. The molecule has 2 N–H and O–H groups in total. The van der Waals surface area contributed by atoms with Gasteiger partial charge in [0.1, 0.15) is 0 Å². The molecule has 0 saturated carbocycles. The monoisotopic (exact) mass is 256 g/mol. The molecule has 0 bridgehead atoms. The van der Waals surface area contributed by atoms with Gasteiger partial charge in [-0.1, -0.05) is 25.6 Å². The molecule has 1 rings (SSSR count). The minimum absolute atomic E-state index is 0.138. The summed E-state index contributed by atoms with van der Waals surface area (Å²) in [7, 11) is 0.